The highest BCUT2D eigenvalue weighted by Crippen LogP contribution is 2.55. The van der Waals surface area contributed by atoms with E-state index >= 15 is 0 Å². The van der Waals surface area contributed by atoms with E-state index in [0.29, 0.717) is 6.54 Å². The van der Waals surface area contributed by atoms with E-state index in [0.717, 1.165) is 28.1 Å². The Kier molecular flexibility index (Phi) is 4.40. The number of carbonyl (C=O) groups excluding carboxylic acids is 2. The average molecular weight is 418 g/mol. The highest BCUT2D eigenvalue weighted by molar-refractivity contribution is 8.02. The fraction of sp³-hybridized carbons (Fsp3) is 0.167. The van der Waals surface area contributed by atoms with Crippen molar-refractivity contribution in [2.75, 3.05) is 15.6 Å². The molecule has 0 saturated carbocycles. The molecule has 2 heterocycles. The highest BCUT2D eigenvalue weighted by Gasteiger charge is 2.60. The normalized spacial score (nSPS) is 20.3. The zero-order chi connectivity index (χ0) is 20.9. The molecule has 1 fully saturated rings. The third-order valence-electron chi connectivity index (χ3n) is 5.58. The van der Waals surface area contributed by atoms with Gasteiger partial charge in [0.2, 0.25) is 10.8 Å². The molecule has 1 atom stereocenters. The van der Waals surface area contributed by atoms with Crippen LogP contribution in [0.5, 0.6) is 0 Å². The molecule has 1 spiro atoms. The van der Waals surface area contributed by atoms with Gasteiger partial charge in [-0.25, -0.2) is 4.39 Å². The van der Waals surface area contributed by atoms with Crippen molar-refractivity contribution < 1.29 is 14.0 Å². The molecule has 0 unspecified atom stereocenters. The lowest BCUT2D eigenvalue weighted by atomic mass is 10.0. The smallest absolute Gasteiger partial charge is 0.269 e. The number of thioether (sulfide) groups is 1. The average Bonchev–Trinajstić information content (AvgIpc) is 3.21. The van der Waals surface area contributed by atoms with Crippen LogP contribution in [0.1, 0.15) is 16.7 Å². The molecule has 6 heteroatoms. The summed E-state index contributed by atoms with van der Waals surface area (Å²) >= 11 is 1.36. The zero-order valence-electron chi connectivity index (χ0n) is 16.3. The number of hydrogen-bond donors (Lipinski definition) is 0. The molecule has 2 aliphatic rings. The van der Waals surface area contributed by atoms with Gasteiger partial charge in [0.25, 0.3) is 5.91 Å². The minimum atomic E-state index is -1.12. The van der Waals surface area contributed by atoms with Crippen molar-refractivity contribution in [2.24, 2.45) is 0 Å². The number of para-hydroxylation sites is 1. The van der Waals surface area contributed by atoms with E-state index in [1.165, 1.54) is 23.9 Å². The maximum Gasteiger partial charge on any atom is 0.269 e. The van der Waals surface area contributed by atoms with E-state index in [1.807, 2.05) is 55.5 Å². The molecule has 2 amide bonds. The molecule has 0 aliphatic carbocycles. The lowest BCUT2D eigenvalue weighted by Crippen LogP contribution is -2.49. The lowest BCUT2D eigenvalue weighted by molar-refractivity contribution is -0.123. The summed E-state index contributed by atoms with van der Waals surface area (Å²) in [5.74, 6) is -0.313. The molecule has 3 aromatic carbocycles. The number of anilines is 2. The monoisotopic (exact) mass is 418 g/mol. The molecule has 1 saturated heterocycles. The van der Waals surface area contributed by atoms with Crippen LogP contribution < -0.4 is 9.80 Å². The van der Waals surface area contributed by atoms with Crippen LogP contribution >= 0.6 is 11.8 Å². The van der Waals surface area contributed by atoms with Crippen LogP contribution in [0.15, 0.2) is 72.8 Å². The number of hydrogen-bond acceptors (Lipinski definition) is 3. The van der Waals surface area contributed by atoms with Gasteiger partial charge in [0, 0.05) is 11.3 Å². The largest absolute Gasteiger partial charge is 0.304 e. The number of benzene rings is 3. The first kappa shape index (κ1) is 18.9. The summed E-state index contributed by atoms with van der Waals surface area (Å²) in [5, 5.41) is 0. The Morgan fingerprint density at radius 3 is 2.53 bits per heavy atom. The van der Waals surface area contributed by atoms with Gasteiger partial charge in [0.05, 0.1) is 18.0 Å². The summed E-state index contributed by atoms with van der Waals surface area (Å²) in [6, 6.07) is 21.4. The summed E-state index contributed by atoms with van der Waals surface area (Å²) in [6.45, 7) is 2.28. The second kappa shape index (κ2) is 6.99. The summed E-state index contributed by atoms with van der Waals surface area (Å²) in [7, 11) is 0. The van der Waals surface area contributed by atoms with E-state index in [-0.39, 0.29) is 23.4 Å². The Balaban J connectivity index is 1.64. The van der Waals surface area contributed by atoms with Crippen molar-refractivity contribution in [1.82, 2.24) is 0 Å². The van der Waals surface area contributed by atoms with Gasteiger partial charge in [-0.2, -0.15) is 0 Å². The summed E-state index contributed by atoms with van der Waals surface area (Å²) in [4.78, 5) is 29.1. The zero-order valence-corrected chi connectivity index (χ0v) is 17.2. The second-order valence-corrected chi connectivity index (χ2v) is 8.70. The number of nitrogens with zero attached hydrogens (tertiary/aromatic N) is 2. The first-order chi connectivity index (χ1) is 14.5. The van der Waals surface area contributed by atoms with Crippen LogP contribution in [0, 0.1) is 12.7 Å². The molecule has 2 aliphatic heterocycles. The van der Waals surface area contributed by atoms with E-state index in [2.05, 4.69) is 0 Å². The Bertz CT molecular complexity index is 1160. The second-order valence-electron chi connectivity index (χ2n) is 7.54. The van der Waals surface area contributed by atoms with Crippen molar-refractivity contribution in [1.29, 1.82) is 0 Å². The molecule has 0 radical (unpaired) electrons. The van der Waals surface area contributed by atoms with Gasteiger partial charge < -0.3 is 4.90 Å². The number of carbonyl (C=O) groups is 2. The number of rotatable bonds is 3. The molecule has 3 aromatic rings. The lowest BCUT2D eigenvalue weighted by Gasteiger charge is -2.33. The Hall–Kier alpha value is -3.12. The minimum absolute atomic E-state index is 0.0858. The maximum absolute atomic E-state index is 13.9. The van der Waals surface area contributed by atoms with Gasteiger partial charge in [-0.1, -0.05) is 42.5 Å². The Morgan fingerprint density at radius 1 is 1.00 bits per heavy atom. The minimum Gasteiger partial charge on any atom is -0.304 e. The molecule has 5 rings (SSSR count). The summed E-state index contributed by atoms with van der Waals surface area (Å²) in [5.41, 5.74) is 4.17. The van der Waals surface area contributed by atoms with Crippen molar-refractivity contribution in [3.8, 4) is 0 Å². The van der Waals surface area contributed by atoms with Gasteiger partial charge >= 0.3 is 0 Å². The molecule has 0 N–H and O–H groups in total. The quantitative estimate of drug-likeness (QED) is 0.624. The molecule has 4 nitrogen and oxygen atoms in total. The number of amides is 2. The standard InChI is InChI=1S/C24H19FN2O2S/c1-16-5-4-6-19(13-16)27-22(28)15-30-24(27)20-7-2-3-8-21(20)26(23(24)29)14-17-9-11-18(25)12-10-17/h2-13H,14-15H2,1H3/t24-/m0/s1. The molecule has 30 heavy (non-hydrogen) atoms. The third kappa shape index (κ3) is 2.75. The van der Waals surface area contributed by atoms with Gasteiger partial charge in [-0.15, -0.1) is 11.8 Å². The third-order valence-corrected chi connectivity index (χ3v) is 6.96. The van der Waals surface area contributed by atoms with Gasteiger partial charge in [0.15, 0.2) is 0 Å². The number of fused-ring (bicyclic) bond motifs is 2. The highest BCUT2D eigenvalue weighted by atomic mass is 32.2. The summed E-state index contributed by atoms with van der Waals surface area (Å²) in [6.07, 6.45) is 0. The molecule has 0 bridgehead atoms. The van der Waals surface area contributed by atoms with Crippen molar-refractivity contribution >= 4 is 35.0 Å². The molecule has 150 valence electrons. The molecule has 0 aromatic heterocycles. The van der Waals surface area contributed by atoms with E-state index in [1.54, 1.807) is 21.9 Å². The summed E-state index contributed by atoms with van der Waals surface area (Å²) < 4.78 is 13.3. The van der Waals surface area contributed by atoms with Crippen LogP contribution in [0.4, 0.5) is 15.8 Å². The number of aryl methyl sites for hydroxylation is 1. The Labute approximate surface area is 178 Å². The number of halogens is 1. The van der Waals surface area contributed by atoms with Gasteiger partial charge in [-0.05, 0) is 48.4 Å². The van der Waals surface area contributed by atoms with Crippen molar-refractivity contribution in [3.63, 3.8) is 0 Å². The van der Waals surface area contributed by atoms with Crippen molar-refractivity contribution in [3.05, 3.63) is 95.3 Å². The first-order valence-electron chi connectivity index (χ1n) is 9.70. The van der Waals surface area contributed by atoms with Gasteiger partial charge in [-0.3, -0.25) is 14.5 Å². The van der Waals surface area contributed by atoms with Crippen LogP contribution in [0.2, 0.25) is 0 Å². The first-order valence-corrected chi connectivity index (χ1v) is 10.7. The fourth-order valence-electron chi connectivity index (χ4n) is 4.25. The predicted molar refractivity (Wildman–Crippen MR) is 117 cm³/mol. The van der Waals surface area contributed by atoms with Crippen LogP contribution in [-0.4, -0.2) is 17.6 Å². The van der Waals surface area contributed by atoms with Crippen LogP contribution in [-0.2, 0) is 21.0 Å². The predicted octanol–water partition coefficient (Wildman–Crippen LogP) is 4.61. The fourth-order valence-corrected chi connectivity index (χ4v) is 5.61. The van der Waals surface area contributed by atoms with E-state index < -0.39 is 4.87 Å². The van der Waals surface area contributed by atoms with Crippen LogP contribution in [0.25, 0.3) is 0 Å². The molecular formula is C24H19FN2O2S. The van der Waals surface area contributed by atoms with Crippen molar-refractivity contribution in [2.45, 2.75) is 18.3 Å². The van der Waals surface area contributed by atoms with Crippen LogP contribution in [0.3, 0.4) is 0 Å². The SMILES string of the molecule is Cc1cccc(N2C(=O)CS[C@@]23C(=O)N(Cc2ccc(F)cc2)c2ccccc23)c1. The molecular weight excluding hydrogens is 399 g/mol. The van der Waals surface area contributed by atoms with Gasteiger partial charge in [0.1, 0.15) is 5.82 Å². The Morgan fingerprint density at radius 2 is 1.77 bits per heavy atom. The maximum atomic E-state index is 13.9. The van der Waals surface area contributed by atoms with E-state index in [4.69, 9.17) is 0 Å². The van der Waals surface area contributed by atoms with E-state index in [9.17, 15) is 14.0 Å². The topological polar surface area (TPSA) is 40.6 Å².